The summed E-state index contributed by atoms with van der Waals surface area (Å²) in [6.45, 7) is 3.37. The van der Waals surface area contributed by atoms with Crippen LogP contribution in [0.25, 0.3) is 0 Å². The molecule has 0 aliphatic heterocycles. The van der Waals surface area contributed by atoms with E-state index in [0.29, 0.717) is 4.48 Å². The topological polar surface area (TPSA) is 29.1 Å². The molecule has 0 aromatic heterocycles. The standard InChI is InChI=1S/C5H6BrF2NO/c1-3(6)2-9-5(10)4(7)8/h4H,1-2H2,(H,9,10). The van der Waals surface area contributed by atoms with Gasteiger partial charge in [0.05, 0.1) is 0 Å². The van der Waals surface area contributed by atoms with Crippen molar-refractivity contribution in [2.24, 2.45) is 0 Å². The fraction of sp³-hybridized carbons (Fsp3) is 0.400. The molecule has 0 bridgehead atoms. The van der Waals surface area contributed by atoms with Crippen LogP contribution in [0.15, 0.2) is 11.1 Å². The van der Waals surface area contributed by atoms with Gasteiger partial charge in [0.2, 0.25) is 0 Å². The zero-order valence-electron chi connectivity index (χ0n) is 5.03. The van der Waals surface area contributed by atoms with E-state index in [2.05, 4.69) is 22.5 Å². The molecule has 1 N–H and O–H groups in total. The molecule has 10 heavy (non-hydrogen) atoms. The van der Waals surface area contributed by atoms with Crippen molar-refractivity contribution in [3.05, 3.63) is 11.1 Å². The molecule has 0 saturated carbocycles. The van der Waals surface area contributed by atoms with Crippen molar-refractivity contribution in [2.75, 3.05) is 6.54 Å². The lowest BCUT2D eigenvalue weighted by molar-refractivity contribution is -0.131. The van der Waals surface area contributed by atoms with Gasteiger partial charge in [-0.2, -0.15) is 8.78 Å². The quantitative estimate of drug-likeness (QED) is 0.753. The average Bonchev–Trinajstić information content (AvgIpc) is 1.82. The molecule has 0 aliphatic rings. The Kier molecular flexibility index (Phi) is 4.18. The lowest BCUT2D eigenvalue weighted by Gasteiger charge is -2.00. The predicted molar refractivity (Wildman–Crippen MR) is 37.1 cm³/mol. The number of hydrogen-bond donors (Lipinski definition) is 1. The summed E-state index contributed by atoms with van der Waals surface area (Å²) in [7, 11) is 0. The van der Waals surface area contributed by atoms with E-state index < -0.39 is 12.3 Å². The van der Waals surface area contributed by atoms with Gasteiger partial charge in [-0.3, -0.25) is 4.79 Å². The first-order valence-corrected chi connectivity index (χ1v) is 3.22. The van der Waals surface area contributed by atoms with E-state index in [1.807, 2.05) is 5.32 Å². The van der Waals surface area contributed by atoms with Crippen molar-refractivity contribution in [3.8, 4) is 0 Å². The number of rotatable bonds is 3. The molecule has 0 atom stereocenters. The lowest BCUT2D eigenvalue weighted by atomic mass is 10.5. The Labute approximate surface area is 65.4 Å². The first kappa shape index (κ1) is 9.55. The molecule has 0 saturated heterocycles. The van der Waals surface area contributed by atoms with Gasteiger partial charge in [-0.05, 0) is 0 Å². The molecule has 5 heteroatoms. The first-order chi connectivity index (χ1) is 4.54. The molecule has 0 heterocycles. The van der Waals surface area contributed by atoms with Crippen LogP contribution in [0.5, 0.6) is 0 Å². The van der Waals surface area contributed by atoms with E-state index in [-0.39, 0.29) is 6.54 Å². The third-order valence-electron chi connectivity index (χ3n) is 0.653. The van der Waals surface area contributed by atoms with Crippen molar-refractivity contribution >= 4 is 21.8 Å². The number of carbonyl (C=O) groups is 1. The molecule has 0 rings (SSSR count). The Morgan fingerprint density at radius 1 is 1.70 bits per heavy atom. The average molecular weight is 214 g/mol. The van der Waals surface area contributed by atoms with Crippen molar-refractivity contribution in [1.82, 2.24) is 5.32 Å². The fourth-order valence-corrected chi connectivity index (χ4v) is 0.400. The Morgan fingerprint density at radius 3 is 2.50 bits per heavy atom. The van der Waals surface area contributed by atoms with Crippen LogP contribution in [-0.4, -0.2) is 18.9 Å². The van der Waals surface area contributed by atoms with Gasteiger partial charge in [-0.25, -0.2) is 0 Å². The summed E-state index contributed by atoms with van der Waals surface area (Å²) in [5.41, 5.74) is 0. The minimum absolute atomic E-state index is 0.0309. The Bertz CT molecular complexity index is 149. The maximum atomic E-state index is 11.4. The van der Waals surface area contributed by atoms with E-state index in [4.69, 9.17) is 0 Å². The molecule has 0 fully saturated rings. The summed E-state index contributed by atoms with van der Waals surface area (Å²) in [5, 5.41) is 1.95. The number of amides is 1. The highest BCUT2D eigenvalue weighted by Gasteiger charge is 2.13. The van der Waals surface area contributed by atoms with Gasteiger partial charge >= 0.3 is 6.43 Å². The summed E-state index contributed by atoms with van der Waals surface area (Å²) < 4.78 is 23.3. The summed E-state index contributed by atoms with van der Waals surface area (Å²) in [6.07, 6.45) is -2.95. The van der Waals surface area contributed by atoms with Gasteiger partial charge in [-0.1, -0.05) is 22.5 Å². The number of nitrogens with one attached hydrogen (secondary N) is 1. The van der Waals surface area contributed by atoms with Gasteiger partial charge in [-0.15, -0.1) is 0 Å². The Morgan fingerprint density at radius 2 is 2.20 bits per heavy atom. The third-order valence-corrected chi connectivity index (χ3v) is 0.933. The molecule has 58 valence electrons. The molecule has 0 aromatic carbocycles. The number of hydrogen-bond acceptors (Lipinski definition) is 1. The minimum atomic E-state index is -2.95. The summed E-state index contributed by atoms with van der Waals surface area (Å²) in [4.78, 5) is 10.1. The van der Waals surface area contributed by atoms with Crippen LogP contribution >= 0.6 is 15.9 Å². The smallest absolute Gasteiger partial charge is 0.315 e. The van der Waals surface area contributed by atoms with E-state index in [0.717, 1.165) is 0 Å². The van der Waals surface area contributed by atoms with E-state index in [1.165, 1.54) is 0 Å². The maximum Gasteiger partial charge on any atom is 0.315 e. The molecule has 1 amide bonds. The summed E-state index contributed by atoms with van der Waals surface area (Å²) >= 11 is 2.90. The van der Waals surface area contributed by atoms with Crippen molar-refractivity contribution in [1.29, 1.82) is 0 Å². The van der Waals surface area contributed by atoms with Crippen LogP contribution in [0.2, 0.25) is 0 Å². The maximum absolute atomic E-state index is 11.4. The van der Waals surface area contributed by atoms with Gasteiger partial charge < -0.3 is 5.32 Å². The number of alkyl halides is 2. The molecule has 0 unspecified atom stereocenters. The zero-order chi connectivity index (χ0) is 8.15. The van der Waals surface area contributed by atoms with Crippen LogP contribution in [0.4, 0.5) is 8.78 Å². The van der Waals surface area contributed by atoms with E-state index in [9.17, 15) is 13.6 Å². The van der Waals surface area contributed by atoms with Crippen molar-refractivity contribution in [2.45, 2.75) is 6.43 Å². The van der Waals surface area contributed by atoms with Crippen molar-refractivity contribution in [3.63, 3.8) is 0 Å². The molecule has 0 aromatic rings. The second-order valence-electron chi connectivity index (χ2n) is 1.54. The van der Waals surface area contributed by atoms with E-state index in [1.54, 1.807) is 0 Å². The van der Waals surface area contributed by atoms with Crippen LogP contribution in [0, 0.1) is 0 Å². The fourth-order valence-electron chi connectivity index (χ4n) is 0.260. The molecular weight excluding hydrogens is 208 g/mol. The van der Waals surface area contributed by atoms with Crippen molar-refractivity contribution < 1.29 is 13.6 Å². The van der Waals surface area contributed by atoms with Gasteiger partial charge in [0.1, 0.15) is 0 Å². The third kappa shape index (κ3) is 4.43. The number of halogens is 3. The highest BCUT2D eigenvalue weighted by Crippen LogP contribution is 1.98. The summed E-state index contributed by atoms with van der Waals surface area (Å²) in [6, 6.07) is 0. The normalized spacial score (nSPS) is 9.60. The molecule has 0 spiro atoms. The Hall–Kier alpha value is -0.450. The SMILES string of the molecule is C=C(Br)CNC(=O)C(F)F. The monoisotopic (exact) mass is 213 g/mol. The Balaban J connectivity index is 3.50. The molecule has 0 aliphatic carbocycles. The molecule has 2 nitrogen and oxygen atoms in total. The molecular formula is C5H6BrF2NO. The lowest BCUT2D eigenvalue weighted by Crippen LogP contribution is -2.30. The van der Waals surface area contributed by atoms with Crippen LogP contribution < -0.4 is 5.32 Å². The van der Waals surface area contributed by atoms with Crippen LogP contribution in [0.1, 0.15) is 0 Å². The second-order valence-corrected chi connectivity index (χ2v) is 2.66. The van der Waals surface area contributed by atoms with Crippen LogP contribution in [0.3, 0.4) is 0 Å². The predicted octanol–water partition coefficient (Wildman–Crippen LogP) is 1.28. The largest absolute Gasteiger partial charge is 0.347 e. The van der Waals surface area contributed by atoms with Gasteiger partial charge in [0.25, 0.3) is 5.91 Å². The number of carbonyl (C=O) groups excluding carboxylic acids is 1. The zero-order valence-corrected chi connectivity index (χ0v) is 6.62. The van der Waals surface area contributed by atoms with Gasteiger partial charge in [0, 0.05) is 11.0 Å². The minimum Gasteiger partial charge on any atom is -0.347 e. The highest BCUT2D eigenvalue weighted by molar-refractivity contribution is 9.11. The first-order valence-electron chi connectivity index (χ1n) is 2.43. The molecule has 0 radical (unpaired) electrons. The second kappa shape index (κ2) is 4.38. The highest BCUT2D eigenvalue weighted by atomic mass is 79.9. The van der Waals surface area contributed by atoms with E-state index >= 15 is 0 Å². The van der Waals surface area contributed by atoms with Gasteiger partial charge in [0.15, 0.2) is 0 Å². The van der Waals surface area contributed by atoms with Crippen LogP contribution in [-0.2, 0) is 4.79 Å². The summed E-state index contributed by atoms with van der Waals surface area (Å²) in [5.74, 6) is -1.28.